The van der Waals surface area contributed by atoms with E-state index in [1.165, 1.54) is 0 Å². The van der Waals surface area contributed by atoms with Gasteiger partial charge in [-0.05, 0) is 18.9 Å². The Kier molecular flexibility index (Phi) is 4.44. The van der Waals surface area contributed by atoms with Crippen molar-refractivity contribution in [3.05, 3.63) is 29.3 Å². The molecule has 0 saturated heterocycles. The van der Waals surface area contributed by atoms with Gasteiger partial charge in [0.2, 0.25) is 0 Å². The molecule has 1 N–H and O–H groups in total. The number of rotatable bonds is 6. The summed E-state index contributed by atoms with van der Waals surface area (Å²) in [5, 5.41) is 8.65. The van der Waals surface area contributed by atoms with Crippen molar-refractivity contribution in [3.63, 3.8) is 0 Å². The van der Waals surface area contributed by atoms with Crippen molar-refractivity contribution in [2.75, 3.05) is 18.1 Å². The fourth-order valence-electron chi connectivity index (χ4n) is 2.29. The molecule has 0 aliphatic carbocycles. The normalized spacial score (nSPS) is 14.1. The van der Waals surface area contributed by atoms with Gasteiger partial charge >= 0.3 is 0 Å². The molecule has 1 aromatic carbocycles. The fourth-order valence-corrected chi connectivity index (χ4v) is 2.29. The van der Waals surface area contributed by atoms with Gasteiger partial charge in [-0.15, -0.1) is 0 Å². The smallest absolute Gasteiger partial charge is 0.299 e. The van der Waals surface area contributed by atoms with E-state index < -0.39 is 23.3 Å². The lowest BCUT2D eigenvalue weighted by atomic mass is 10.1. The third-order valence-electron chi connectivity index (χ3n) is 3.28. The van der Waals surface area contributed by atoms with Gasteiger partial charge in [-0.25, -0.2) is 8.78 Å². The van der Waals surface area contributed by atoms with E-state index in [-0.39, 0.29) is 24.4 Å². The third-order valence-corrected chi connectivity index (χ3v) is 3.28. The van der Waals surface area contributed by atoms with Crippen LogP contribution in [0.5, 0.6) is 0 Å². The number of ketones is 1. The molecule has 1 aromatic rings. The molecule has 0 saturated carbocycles. The Hall–Kier alpha value is -1.82. The zero-order valence-electron chi connectivity index (χ0n) is 10.9. The second kappa shape index (κ2) is 6.09. The monoisotopic (exact) mass is 283 g/mol. The number of benzene rings is 1. The Bertz CT molecular complexity index is 545. The highest BCUT2D eigenvalue weighted by Gasteiger charge is 2.38. The number of hydrogen-bond donors (Lipinski definition) is 1. The Balaban J connectivity index is 2.12. The molecule has 0 unspecified atom stereocenters. The lowest BCUT2D eigenvalue weighted by Crippen LogP contribution is -2.30. The molecule has 1 heterocycles. The number of Topliss-reactive ketones (excluding diaryl/α,β-unsaturated/α-hetero) is 1. The highest BCUT2D eigenvalue weighted by Crippen LogP contribution is 2.32. The van der Waals surface area contributed by atoms with Crippen LogP contribution in [0.25, 0.3) is 0 Å². The second-order valence-corrected chi connectivity index (χ2v) is 4.71. The average Bonchev–Trinajstić information content (AvgIpc) is 2.63. The molecule has 2 rings (SSSR count). The van der Waals surface area contributed by atoms with Crippen molar-refractivity contribution in [2.45, 2.75) is 25.7 Å². The summed E-state index contributed by atoms with van der Waals surface area (Å²) in [5.41, 5.74) is -0.327. The standard InChI is InChI=1S/C14H15F2NO3/c15-9-7-10(16)12-11(8-9)17(14(20)13(12)19)5-3-1-2-4-6-18/h7-8,18H,1-6H2. The van der Waals surface area contributed by atoms with E-state index in [1.54, 1.807) is 0 Å². The molecule has 1 aliphatic heterocycles. The van der Waals surface area contributed by atoms with Crippen LogP contribution in [0.3, 0.4) is 0 Å². The maximum Gasteiger partial charge on any atom is 0.299 e. The molecule has 0 fully saturated rings. The Morgan fingerprint density at radius 2 is 1.75 bits per heavy atom. The predicted octanol–water partition coefficient (Wildman–Crippen LogP) is 2.05. The molecule has 6 heteroatoms. The number of hydrogen-bond acceptors (Lipinski definition) is 3. The van der Waals surface area contributed by atoms with Crippen LogP contribution in [0.4, 0.5) is 14.5 Å². The van der Waals surface area contributed by atoms with E-state index in [2.05, 4.69) is 0 Å². The van der Waals surface area contributed by atoms with E-state index in [0.29, 0.717) is 18.9 Å². The van der Waals surface area contributed by atoms with Gasteiger partial charge in [-0.2, -0.15) is 0 Å². The number of carbonyl (C=O) groups excluding carboxylic acids is 2. The van der Waals surface area contributed by atoms with E-state index in [9.17, 15) is 18.4 Å². The van der Waals surface area contributed by atoms with E-state index >= 15 is 0 Å². The lowest BCUT2D eigenvalue weighted by Gasteiger charge is -2.16. The molecule has 108 valence electrons. The van der Waals surface area contributed by atoms with Gasteiger partial charge in [0.1, 0.15) is 11.6 Å². The van der Waals surface area contributed by atoms with E-state index in [1.807, 2.05) is 0 Å². The molecule has 0 radical (unpaired) electrons. The Morgan fingerprint density at radius 1 is 1.05 bits per heavy atom. The summed E-state index contributed by atoms with van der Waals surface area (Å²) in [6.45, 7) is 0.353. The number of amides is 1. The van der Waals surface area contributed by atoms with Crippen molar-refractivity contribution in [3.8, 4) is 0 Å². The molecular weight excluding hydrogens is 268 g/mol. The summed E-state index contributed by atoms with van der Waals surface area (Å²) < 4.78 is 26.8. The molecule has 0 spiro atoms. The minimum atomic E-state index is -0.999. The summed E-state index contributed by atoms with van der Waals surface area (Å²) in [6.07, 6.45) is 2.85. The SMILES string of the molecule is O=C1C(=O)N(CCCCCCO)c2cc(F)cc(F)c21. The maximum atomic E-state index is 13.6. The number of anilines is 1. The van der Waals surface area contributed by atoms with Crippen molar-refractivity contribution in [2.24, 2.45) is 0 Å². The number of unbranched alkanes of at least 4 members (excludes halogenated alkanes) is 3. The number of halogens is 2. The number of nitrogens with zero attached hydrogens (tertiary/aromatic N) is 1. The molecule has 0 atom stereocenters. The van der Waals surface area contributed by atoms with E-state index in [4.69, 9.17) is 5.11 Å². The van der Waals surface area contributed by atoms with Crippen LogP contribution >= 0.6 is 0 Å². The van der Waals surface area contributed by atoms with Gasteiger partial charge in [-0.3, -0.25) is 9.59 Å². The number of aliphatic hydroxyl groups excluding tert-OH is 1. The fraction of sp³-hybridized carbons (Fsp3) is 0.429. The highest BCUT2D eigenvalue weighted by atomic mass is 19.1. The zero-order chi connectivity index (χ0) is 14.7. The van der Waals surface area contributed by atoms with Gasteiger partial charge in [-0.1, -0.05) is 12.8 Å². The van der Waals surface area contributed by atoms with Crippen LogP contribution in [0.1, 0.15) is 36.0 Å². The molecule has 1 amide bonds. The summed E-state index contributed by atoms with van der Waals surface area (Å²) in [5.74, 6) is -3.55. The second-order valence-electron chi connectivity index (χ2n) is 4.71. The minimum absolute atomic E-state index is 0.0136. The van der Waals surface area contributed by atoms with Crippen LogP contribution in [0.15, 0.2) is 12.1 Å². The van der Waals surface area contributed by atoms with Crippen molar-refractivity contribution >= 4 is 17.4 Å². The Labute approximate surface area is 115 Å². The van der Waals surface area contributed by atoms with Crippen LogP contribution in [-0.2, 0) is 4.79 Å². The van der Waals surface area contributed by atoms with Crippen molar-refractivity contribution < 1.29 is 23.5 Å². The largest absolute Gasteiger partial charge is 0.396 e. The minimum Gasteiger partial charge on any atom is -0.396 e. The number of fused-ring (bicyclic) bond motifs is 1. The summed E-state index contributed by atoms with van der Waals surface area (Å²) in [6, 6.07) is 1.61. The predicted molar refractivity (Wildman–Crippen MR) is 68.6 cm³/mol. The zero-order valence-corrected chi connectivity index (χ0v) is 10.9. The highest BCUT2D eigenvalue weighted by molar-refractivity contribution is 6.52. The summed E-state index contributed by atoms with van der Waals surface area (Å²) in [7, 11) is 0. The number of aliphatic hydroxyl groups is 1. The van der Waals surface area contributed by atoms with Gasteiger partial charge in [0.25, 0.3) is 11.7 Å². The average molecular weight is 283 g/mol. The molecule has 0 aromatic heterocycles. The molecule has 20 heavy (non-hydrogen) atoms. The van der Waals surface area contributed by atoms with Crippen LogP contribution in [-0.4, -0.2) is 29.9 Å². The number of carbonyl (C=O) groups is 2. The maximum absolute atomic E-state index is 13.6. The van der Waals surface area contributed by atoms with E-state index in [0.717, 1.165) is 23.8 Å². The van der Waals surface area contributed by atoms with Gasteiger partial charge in [0.15, 0.2) is 0 Å². The first-order valence-electron chi connectivity index (χ1n) is 6.52. The van der Waals surface area contributed by atoms with Crippen LogP contribution in [0, 0.1) is 11.6 Å². The quantitative estimate of drug-likeness (QED) is 0.642. The van der Waals surface area contributed by atoms with Crippen molar-refractivity contribution in [1.29, 1.82) is 0 Å². The summed E-state index contributed by atoms with van der Waals surface area (Å²) >= 11 is 0. The lowest BCUT2D eigenvalue weighted by molar-refractivity contribution is -0.114. The van der Waals surface area contributed by atoms with Crippen LogP contribution in [0.2, 0.25) is 0 Å². The topological polar surface area (TPSA) is 57.6 Å². The Morgan fingerprint density at radius 3 is 2.45 bits per heavy atom. The first kappa shape index (κ1) is 14.6. The summed E-state index contributed by atoms with van der Waals surface area (Å²) in [4.78, 5) is 24.6. The first-order chi connectivity index (χ1) is 9.56. The van der Waals surface area contributed by atoms with Crippen molar-refractivity contribution in [1.82, 2.24) is 0 Å². The van der Waals surface area contributed by atoms with Gasteiger partial charge in [0, 0.05) is 19.2 Å². The molecular formula is C14H15F2NO3. The van der Waals surface area contributed by atoms with Gasteiger partial charge in [0.05, 0.1) is 11.3 Å². The first-order valence-corrected chi connectivity index (χ1v) is 6.52. The third kappa shape index (κ3) is 2.70. The molecule has 1 aliphatic rings. The van der Waals surface area contributed by atoms with Crippen LogP contribution < -0.4 is 4.90 Å². The molecule has 0 bridgehead atoms. The van der Waals surface area contributed by atoms with Gasteiger partial charge < -0.3 is 10.0 Å². The molecule has 4 nitrogen and oxygen atoms in total.